The third kappa shape index (κ3) is 3.16. The molecule has 92 valence electrons. The minimum absolute atomic E-state index is 0.0174. The van der Waals surface area contributed by atoms with Crippen LogP contribution >= 0.6 is 34.8 Å². The zero-order valence-electron chi connectivity index (χ0n) is 9.07. The van der Waals surface area contributed by atoms with Crippen molar-refractivity contribution in [2.75, 3.05) is 0 Å². The van der Waals surface area contributed by atoms with E-state index >= 15 is 0 Å². The maximum atomic E-state index is 9.63. The maximum absolute atomic E-state index is 9.63. The van der Waals surface area contributed by atoms with Crippen LogP contribution in [0, 0.1) is 0 Å². The molecule has 2 aromatic rings. The van der Waals surface area contributed by atoms with Crippen LogP contribution in [0.15, 0.2) is 41.4 Å². The van der Waals surface area contributed by atoms with Gasteiger partial charge in [0.05, 0.1) is 5.02 Å². The van der Waals surface area contributed by atoms with Crippen LogP contribution in [0.1, 0.15) is 5.56 Å². The number of hydrogen-bond acceptors (Lipinski definition) is 2. The first-order valence-corrected chi connectivity index (χ1v) is 6.17. The third-order valence-electron chi connectivity index (χ3n) is 2.24. The summed E-state index contributed by atoms with van der Waals surface area (Å²) in [5.74, 6) is 0.0174. The number of phenolic OH excluding ortho intramolecular Hbond substituents is 1. The van der Waals surface area contributed by atoms with Crippen molar-refractivity contribution in [3.05, 3.63) is 57.0 Å². The second-order valence-electron chi connectivity index (χ2n) is 3.56. The highest BCUT2D eigenvalue weighted by Crippen LogP contribution is 2.29. The number of benzene rings is 2. The Morgan fingerprint density at radius 2 is 1.61 bits per heavy atom. The lowest BCUT2D eigenvalue weighted by molar-refractivity contribution is 0.477. The summed E-state index contributed by atoms with van der Waals surface area (Å²) in [6.45, 7) is 0. The summed E-state index contributed by atoms with van der Waals surface area (Å²) in [5, 5.41) is 11.1. The second-order valence-corrected chi connectivity index (χ2v) is 4.84. The van der Waals surface area contributed by atoms with Gasteiger partial charge in [-0.15, -0.1) is 0 Å². The molecule has 0 aromatic heterocycles. The molecule has 0 aliphatic heterocycles. The van der Waals surface area contributed by atoms with Crippen molar-refractivity contribution < 1.29 is 5.11 Å². The van der Waals surface area contributed by atoms with Gasteiger partial charge in [-0.2, -0.15) is 0 Å². The van der Waals surface area contributed by atoms with Crippen LogP contribution in [0.5, 0.6) is 5.75 Å². The molecule has 0 heterocycles. The Labute approximate surface area is 119 Å². The van der Waals surface area contributed by atoms with Gasteiger partial charge in [0.1, 0.15) is 11.4 Å². The molecule has 0 fully saturated rings. The Hall–Kier alpha value is -1.22. The Balaban J connectivity index is 2.30. The van der Waals surface area contributed by atoms with Crippen molar-refractivity contribution in [2.24, 2.45) is 4.99 Å². The average Bonchev–Trinajstić information content (AvgIpc) is 2.30. The molecule has 0 bridgehead atoms. The molecule has 5 heteroatoms. The van der Waals surface area contributed by atoms with E-state index in [0.29, 0.717) is 20.8 Å². The van der Waals surface area contributed by atoms with E-state index in [1.165, 1.54) is 6.07 Å². The summed E-state index contributed by atoms with van der Waals surface area (Å²) < 4.78 is 0. The van der Waals surface area contributed by atoms with Gasteiger partial charge in [0.15, 0.2) is 0 Å². The van der Waals surface area contributed by atoms with Crippen molar-refractivity contribution >= 4 is 46.7 Å². The first-order valence-electron chi connectivity index (χ1n) is 5.04. The summed E-state index contributed by atoms with van der Waals surface area (Å²) in [4.78, 5) is 4.15. The molecule has 0 saturated heterocycles. The molecule has 0 unspecified atom stereocenters. The van der Waals surface area contributed by atoms with Crippen molar-refractivity contribution in [3.8, 4) is 5.75 Å². The lowest BCUT2D eigenvalue weighted by Crippen LogP contribution is -1.82. The number of phenols is 1. The van der Waals surface area contributed by atoms with E-state index in [4.69, 9.17) is 34.8 Å². The Kier molecular flexibility index (Phi) is 4.12. The molecule has 0 radical (unpaired) electrons. The fourth-order valence-electron chi connectivity index (χ4n) is 1.35. The lowest BCUT2D eigenvalue weighted by Gasteiger charge is -2.00. The standard InChI is InChI=1S/C13H8Cl3NO/c14-9-2-1-8(11(16)5-9)7-17-12-4-3-10(15)6-13(12)18/h1-7,18H. The first kappa shape index (κ1) is 13.2. The molecule has 1 N–H and O–H groups in total. The minimum atomic E-state index is 0.0174. The van der Waals surface area contributed by atoms with E-state index < -0.39 is 0 Å². The topological polar surface area (TPSA) is 32.6 Å². The predicted molar refractivity (Wildman–Crippen MR) is 76.8 cm³/mol. The van der Waals surface area contributed by atoms with Gasteiger partial charge in [-0.05, 0) is 24.3 Å². The van der Waals surface area contributed by atoms with E-state index in [-0.39, 0.29) is 5.75 Å². The molecular weight excluding hydrogens is 293 g/mol. The number of aliphatic imine (C=N–C) groups is 1. The molecule has 18 heavy (non-hydrogen) atoms. The van der Waals surface area contributed by atoms with Crippen LogP contribution in [-0.2, 0) is 0 Å². The molecular formula is C13H8Cl3NO. The van der Waals surface area contributed by atoms with E-state index in [9.17, 15) is 5.11 Å². The predicted octanol–water partition coefficient (Wildman–Crippen LogP) is 5.10. The Morgan fingerprint density at radius 1 is 0.944 bits per heavy atom. The summed E-state index contributed by atoms with van der Waals surface area (Å²) in [5.41, 5.74) is 1.14. The van der Waals surface area contributed by atoms with E-state index in [2.05, 4.69) is 4.99 Å². The fourth-order valence-corrected chi connectivity index (χ4v) is 1.97. The van der Waals surface area contributed by atoms with Crippen LogP contribution < -0.4 is 0 Å². The first-order chi connectivity index (χ1) is 8.56. The largest absolute Gasteiger partial charge is 0.506 e. The van der Waals surface area contributed by atoms with Crippen LogP contribution in [0.3, 0.4) is 0 Å². The molecule has 0 aliphatic rings. The van der Waals surface area contributed by atoms with Gasteiger partial charge in [-0.1, -0.05) is 40.9 Å². The van der Waals surface area contributed by atoms with Gasteiger partial charge in [-0.25, -0.2) is 0 Å². The lowest BCUT2D eigenvalue weighted by atomic mass is 10.2. The van der Waals surface area contributed by atoms with E-state index in [0.717, 1.165) is 5.56 Å². The summed E-state index contributed by atoms with van der Waals surface area (Å²) in [7, 11) is 0. The van der Waals surface area contributed by atoms with Crippen LogP contribution in [0.25, 0.3) is 0 Å². The normalized spacial score (nSPS) is 11.1. The monoisotopic (exact) mass is 299 g/mol. The zero-order valence-corrected chi connectivity index (χ0v) is 11.3. The average molecular weight is 301 g/mol. The molecule has 0 amide bonds. The minimum Gasteiger partial charge on any atom is -0.506 e. The summed E-state index contributed by atoms with van der Waals surface area (Å²) in [6, 6.07) is 9.80. The molecule has 0 atom stereocenters. The number of rotatable bonds is 2. The van der Waals surface area contributed by atoms with E-state index in [1.807, 2.05) is 0 Å². The summed E-state index contributed by atoms with van der Waals surface area (Å²) in [6.07, 6.45) is 1.56. The highest BCUT2D eigenvalue weighted by molar-refractivity contribution is 6.36. The second kappa shape index (κ2) is 5.61. The van der Waals surface area contributed by atoms with Gasteiger partial charge in [0.2, 0.25) is 0 Å². The van der Waals surface area contributed by atoms with Gasteiger partial charge in [0.25, 0.3) is 0 Å². The third-order valence-corrected chi connectivity index (χ3v) is 3.04. The van der Waals surface area contributed by atoms with Gasteiger partial charge < -0.3 is 5.11 Å². The Morgan fingerprint density at radius 3 is 2.28 bits per heavy atom. The molecule has 2 rings (SSSR count). The summed E-state index contributed by atoms with van der Waals surface area (Å²) >= 11 is 17.5. The van der Waals surface area contributed by atoms with Gasteiger partial charge >= 0.3 is 0 Å². The molecule has 0 aliphatic carbocycles. The van der Waals surface area contributed by atoms with Crippen LogP contribution in [0.4, 0.5) is 5.69 Å². The fraction of sp³-hybridized carbons (Fsp3) is 0. The highest BCUT2D eigenvalue weighted by Gasteiger charge is 2.01. The van der Waals surface area contributed by atoms with Gasteiger partial charge in [-0.3, -0.25) is 4.99 Å². The number of nitrogens with zero attached hydrogens (tertiary/aromatic N) is 1. The quantitative estimate of drug-likeness (QED) is 0.769. The van der Waals surface area contributed by atoms with E-state index in [1.54, 1.807) is 36.5 Å². The van der Waals surface area contributed by atoms with Crippen LogP contribution in [-0.4, -0.2) is 11.3 Å². The highest BCUT2D eigenvalue weighted by atomic mass is 35.5. The molecule has 0 saturated carbocycles. The Bertz CT molecular complexity index is 558. The number of halogens is 3. The van der Waals surface area contributed by atoms with Crippen molar-refractivity contribution in [1.82, 2.24) is 0 Å². The molecule has 2 aromatic carbocycles. The van der Waals surface area contributed by atoms with Crippen molar-refractivity contribution in [1.29, 1.82) is 0 Å². The van der Waals surface area contributed by atoms with Crippen LogP contribution in [0.2, 0.25) is 15.1 Å². The smallest absolute Gasteiger partial charge is 0.142 e. The number of aromatic hydroxyl groups is 1. The molecule has 0 spiro atoms. The van der Waals surface area contributed by atoms with Crippen molar-refractivity contribution in [3.63, 3.8) is 0 Å². The molecule has 2 nitrogen and oxygen atoms in total. The zero-order chi connectivity index (χ0) is 13.1. The SMILES string of the molecule is Oc1cc(Cl)ccc1N=Cc1ccc(Cl)cc1Cl. The van der Waals surface area contributed by atoms with Gasteiger partial charge in [0, 0.05) is 27.9 Å². The van der Waals surface area contributed by atoms with Crippen molar-refractivity contribution in [2.45, 2.75) is 0 Å². The number of hydrogen-bond donors (Lipinski definition) is 1. The maximum Gasteiger partial charge on any atom is 0.142 e.